The van der Waals surface area contributed by atoms with Gasteiger partial charge >= 0.3 is 0 Å². The van der Waals surface area contributed by atoms with Crippen LogP contribution in [0.15, 0.2) is 40.8 Å². The summed E-state index contributed by atoms with van der Waals surface area (Å²) in [5.41, 5.74) is 6.68. The third kappa shape index (κ3) is 5.96. The molecule has 1 aromatic carbocycles. The zero-order chi connectivity index (χ0) is 19.1. The molecule has 1 aromatic heterocycles. The highest BCUT2D eigenvalue weighted by Gasteiger charge is 2.19. The van der Waals surface area contributed by atoms with Gasteiger partial charge in [-0.3, -0.25) is 9.79 Å². The molecule has 0 atom stereocenters. The minimum Gasteiger partial charge on any atom is -0.497 e. The second-order valence-electron chi connectivity index (χ2n) is 6.01. The van der Waals surface area contributed by atoms with E-state index in [4.69, 9.17) is 10.5 Å². The fraction of sp³-hybridized carbons (Fsp3) is 0.389. The van der Waals surface area contributed by atoms with Gasteiger partial charge in [-0.25, -0.2) is 4.98 Å². The summed E-state index contributed by atoms with van der Waals surface area (Å²) >= 11 is 1.65. The Morgan fingerprint density at radius 3 is 2.61 bits per heavy atom. The van der Waals surface area contributed by atoms with Gasteiger partial charge < -0.3 is 25.6 Å². The molecule has 1 aliphatic rings. The first-order valence-electron chi connectivity index (χ1n) is 8.79. The highest BCUT2D eigenvalue weighted by atomic mass is 127. The molecule has 0 spiro atoms. The second-order valence-corrected chi connectivity index (χ2v) is 6.89. The summed E-state index contributed by atoms with van der Waals surface area (Å²) in [6.45, 7) is 4.25. The highest BCUT2D eigenvalue weighted by Crippen LogP contribution is 2.18. The van der Waals surface area contributed by atoms with E-state index in [1.165, 1.54) is 0 Å². The van der Waals surface area contributed by atoms with Gasteiger partial charge in [-0.2, -0.15) is 0 Å². The van der Waals surface area contributed by atoms with Crippen LogP contribution in [-0.2, 0) is 0 Å². The van der Waals surface area contributed by atoms with Crippen LogP contribution in [0.5, 0.6) is 5.75 Å². The number of carbonyl (C=O) groups excluding carboxylic acids is 1. The topological polar surface area (TPSA) is 96.1 Å². The summed E-state index contributed by atoms with van der Waals surface area (Å²) in [5.74, 6) is 1.11. The van der Waals surface area contributed by atoms with E-state index in [0.29, 0.717) is 24.6 Å². The van der Waals surface area contributed by atoms with E-state index in [1.54, 1.807) is 42.7 Å². The Bertz CT molecular complexity index is 761. The lowest BCUT2D eigenvalue weighted by Gasteiger charge is -2.35. The standard InChI is InChI=1S/C18H24N6O2S.HI/c1-26-15-4-2-14(3-5-15)16(25)20-6-7-21-17(19)23-9-11-24(12-10-23)18-22-8-13-27-18;/h2-5,8,13H,6-7,9-12H2,1H3,(H2,19,21)(H,20,25);1H. The Balaban J connectivity index is 0.00000280. The van der Waals surface area contributed by atoms with Crippen LogP contribution >= 0.6 is 35.3 Å². The number of hydrogen-bond acceptors (Lipinski definition) is 6. The van der Waals surface area contributed by atoms with Crippen LogP contribution in [0.2, 0.25) is 0 Å². The number of carbonyl (C=O) groups is 1. The van der Waals surface area contributed by atoms with Gasteiger partial charge in [0, 0.05) is 49.9 Å². The maximum Gasteiger partial charge on any atom is 0.251 e. The minimum absolute atomic E-state index is 0. The number of guanidine groups is 1. The van der Waals surface area contributed by atoms with Gasteiger partial charge in [-0.15, -0.1) is 35.3 Å². The van der Waals surface area contributed by atoms with E-state index >= 15 is 0 Å². The predicted molar refractivity (Wildman–Crippen MR) is 123 cm³/mol. The molecule has 1 fully saturated rings. The van der Waals surface area contributed by atoms with Gasteiger partial charge in [0.05, 0.1) is 13.7 Å². The first kappa shape index (κ1) is 22.2. The van der Waals surface area contributed by atoms with Gasteiger partial charge in [-0.05, 0) is 24.3 Å². The molecular weight excluding hydrogens is 491 g/mol. The summed E-state index contributed by atoms with van der Waals surface area (Å²) in [7, 11) is 1.59. The van der Waals surface area contributed by atoms with E-state index in [1.807, 2.05) is 11.6 Å². The molecule has 0 bridgehead atoms. The summed E-state index contributed by atoms with van der Waals surface area (Å²) in [4.78, 5) is 25.1. The molecule has 2 aromatic rings. The summed E-state index contributed by atoms with van der Waals surface area (Å²) < 4.78 is 5.09. The first-order chi connectivity index (χ1) is 13.2. The molecule has 0 radical (unpaired) electrons. The number of rotatable bonds is 6. The molecule has 0 unspecified atom stereocenters. The molecule has 1 amide bonds. The number of nitrogens with zero attached hydrogens (tertiary/aromatic N) is 4. The average Bonchev–Trinajstić information content (AvgIpc) is 3.26. The average molecular weight is 516 g/mol. The number of ether oxygens (including phenoxy) is 1. The first-order valence-corrected chi connectivity index (χ1v) is 9.67. The molecule has 10 heteroatoms. The fourth-order valence-corrected chi connectivity index (χ4v) is 3.48. The highest BCUT2D eigenvalue weighted by molar-refractivity contribution is 14.0. The fourth-order valence-electron chi connectivity index (χ4n) is 2.78. The minimum atomic E-state index is -0.136. The molecule has 28 heavy (non-hydrogen) atoms. The number of aromatic nitrogens is 1. The number of anilines is 1. The number of halogens is 1. The molecule has 3 N–H and O–H groups in total. The lowest BCUT2D eigenvalue weighted by atomic mass is 10.2. The number of hydrogen-bond donors (Lipinski definition) is 2. The number of nitrogens with one attached hydrogen (secondary N) is 1. The van der Waals surface area contributed by atoms with Crippen LogP contribution < -0.4 is 20.7 Å². The Kier molecular flexibility index (Phi) is 8.77. The van der Waals surface area contributed by atoms with Crippen molar-refractivity contribution in [3.63, 3.8) is 0 Å². The number of benzene rings is 1. The third-order valence-electron chi connectivity index (χ3n) is 4.32. The van der Waals surface area contributed by atoms with Crippen LogP contribution in [0.4, 0.5) is 5.13 Å². The molecule has 152 valence electrons. The normalized spacial score (nSPS) is 14.4. The molecule has 3 rings (SSSR count). The van der Waals surface area contributed by atoms with Crippen molar-refractivity contribution in [1.82, 2.24) is 15.2 Å². The zero-order valence-electron chi connectivity index (χ0n) is 15.7. The lowest BCUT2D eigenvalue weighted by molar-refractivity contribution is 0.0954. The van der Waals surface area contributed by atoms with Crippen molar-refractivity contribution in [1.29, 1.82) is 0 Å². The molecule has 1 saturated heterocycles. The van der Waals surface area contributed by atoms with Crippen LogP contribution in [-0.4, -0.2) is 68.1 Å². The maximum absolute atomic E-state index is 12.1. The van der Waals surface area contributed by atoms with Gasteiger partial charge in [0.25, 0.3) is 5.91 Å². The summed E-state index contributed by atoms with van der Waals surface area (Å²) in [5, 5.41) is 5.88. The Hall–Kier alpha value is -2.08. The third-order valence-corrected chi connectivity index (χ3v) is 5.15. The SMILES string of the molecule is COc1ccc(C(=O)NCCN=C(N)N2CCN(c3nccs3)CC2)cc1.I. The van der Waals surface area contributed by atoms with E-state index in [-0.39, 0.29) is 29.9 Å². The van der Waals surface area contributed by atoms with E-state index in [9.17, 15) is 4.79 Å². The Labute approximate surface area is 185 Å². The van der Waals surface area contributed by atoms with Crippen molar-refractivity contribution in [3.05, 3.63) is 41.4 Å². The van der Waals surface area contributed by atoms with Crippen molar-refractivity contribution in [3.8, 4) is 5.75 Å². The van der Waals surface area contributed by atoms with Crippen molar-refractivity contribution < 1.29 is 9.53 Å². The Morgan fingerprint density at radius 1 is 1.29 bits per heavy atom. The van der Waals surface area contributed by atoms with Gasteiger partial charge in [0.2, 0.25) is 0 Å². The largest absolute Gasteiger partial charge is 0.497 e. The van der Waals surface area contributed by atoms with Crippen molar-refractivity contribution in [2.24, 2.45) is 10.7 Å². The number of amides is 1. The molecule has 1 aliphatic heterocycles. The van der Waals surface area contributed by atoms with Crippen molar-refractivity contribution in [2.45, 2.75) is 0 Å². The van der Waals surface area contributed by atoms with Crippen LogP contribution in [0.1, 0.15) is 10.4 Å². The quantitative estimate of drug-likeness (QED) is 0.262. The summed E-state index contributed by atoms with van der Waals surface area (Å²) in [6.07, 6.45) is 1.82. The molecule has 0 saturated carbocycles. The molecule has 2 heterocycles. The number of methoxy groups -OCH3 is 1. The maximum atomic E-state index is 12.1. The second kappa shape index (κ2) is 11.1. The number of aliphatic imine (C=N–C) groups is 1. The zero-order valence-corrected chi connectivity index (χ0v) is 18.9. The molecular formula is C18H25IN6O2S. The van der Waals surface area contributed by atoms with Crippen molar-refractivity contribution in [2.75, 3.05) is 51.3 Å². The van der Waals surface area contributed by atoms with Gasteiger partial charge in [0.15, 0.2) is 11.1 Å². The lowest BCUT2D eigenvalue weighted by Crippen LogP contribution is -2.51. The molecule has 8 nitrogen and oxygen atoms in total. The number of thiazole rings is 1. The van der Waals surface area contributed by atoms with E-state index < -0.39 is 0 Å². The van der Waals surface area contributed by atoms with E-state index in [2.05, 4.69) is 25.1 Å². The van der Waals surface area contributed by atoms with Crippen LogP contribution in [0.3, 0.4) is 0 Å². The van der Waals surface area contributed by atoms with Gasteiger partial charge in [-0.1, -0.05) is 0 Å². The molecule has 0 aliphatic carbocycles. The summed E-state index contributed by atoms with van der Waals surface area (Å²) in [6, 6.07) is 6.98. The predicted octanol–water partition coefficient (Wildman–Crippen LogP) is 1.64. The Morgan fingerprint density at radius 2 is 2.00 bits per heavy atom. The number of piperazine rings is 1. The van der Waals surface area contributed by atoms with Crippen LogP contribution in [0.25, 0.3) is 0 Å². The van der Waals surface area contributed by atoms with Gasteiger partial charge in [0.1, 0.15) is 5.75 Å². The monoisotopic (exact) mass is 516 g/mol. The number of nitrogens with two attached hydrogens (primary N) is 1. The van der Waals surface area contributed by atoms with Crippen molar-refractivity contribution >= 4 is 52.3 Å². The van der Waals surface area contributed by atoms with E-state index in [0.717, 1.165) is 37.1 Å². The van der Waals surface area contributed by atoms with Crippen LogP contribution in [0, 0.1) is 0 Å². The smallest absolute Gasteiger partial charge is 0.251 e.